The van der Waals surface area contributed by atoms with Gasteiger partial charge in [0.05, 0.1) is 5.71 Å². The molecule has 0 spiro atoms. The third kappa shape index (κ3) is 3.33. The number of benzene rings is 1. The Balaban J connectivity index is 1.50. The molecule has 6 heteroatoms. The van der Waals surface area contributed by atoms with Crippen molar-refractivity contribution < 1.29 is 14.0 Å². The average Bonchev–Trinajstić information content (AvgIpc) is 2.89. The Bertz CT molecular complexity index is 707. The van der Waals surface area contributed by atoms with Gasteiger partial charge in [0.1, 0.15) is 11.2 Å². The molecule has 1 aliphatic heterocycles. The van der Waals surface area contributed by atoms with Crippen LogP contribution in [0.4, 0.5) is 4.39 Å². The van der Waals surface area contributed by atoms with E-state index in [1.165, 1.54) is 42.1 Å². The molecule has 0 saturated heterocycles. The summed E-state index contributed by atoms with van der Waals surface area (Å²) in [5, 5.41) is 2.79. The highest BCUT2D eigenvalue weighted by Gasteiger charge is 2.24. The van der Waals surface area contributed by atoms with Crippen LogP contribution in [-0.2, 0) is 4.79 Å². The van der Waals surface area contributed by atoms with Crippen LogP contribution in [0.2, 0.25) is 0 Å². The first-order valence-electron chi connectivity index (χ1n) is 6.84. The minimum absolute atomic E-state index is 0.00492. The zero-order chi connectivity index (χ0) is 15.5. The fraction of sp³-hybridized carbons (Fsp3) is 0.188. The van der Waals surface area contributed by atoms with E-state index in [9.17, 15) is 14.0 Å². The first-order valence-corrected chi connectivity index (χ1v) is 7.72. The third-order valence-electron chi connectivity index (χ3n) is 3.26. The molecule has 1 aromatic rings. The van der Waals surface area contributed by atoms with Gasteiger partial charge in [-0.15, -0.1) is 0 Å². The number of allylic oxidation sites excluding steroid dienone is 4. The van der Waals surface area contributed by atoms with Crippen LogP contribution in [0.15, 0.2) is 52.4 Å². The summed E-state index contributed by atoms with van der Waals surface area (Å²) in [6.07, 6.45) is 5.48. The van der Waals surface area contributed by atoms with Crippen LogP contribution in [0.25, 0.3) is 0 Å². The van der Waals surface area contributed by atoms with Gasteiger partial charge >= 0.3 is 0 Å². The number of thioether (sulfide) groups is 1. The largest absolute Gasteiger partial charge is 0.352 e. The Morgan fingerprint density at radius 2 is 2.05 bits per heavy atom. The second-order valence-corrected chi connectivity index (χ2v) is 6.10. The van der Waals surface area contributed by atoms with Crippen molar-refractivity contribution in [2.24, 2.45) is 4.99 Å². The minimum Gasteiger partial charge on any atom is -0.352 e. The van der Waals surface area contributed by atoms with E-state index in [0.717, 1.165) is 10.6 Å². The summed E-state index contributed by atoms with van der Waals surface area (Å²) in [5.74, 6) is -0.623. The summed E-state index contributed by atoms with van der Waals surface area (Å²) in [5.41, 5.74) is 1.26. The molecule has 0 radical (unpaired) electrons. The van der Waals surface area contributed by atoms with E-state index < -0.39 is 0 Å². The number of carbonyl (C=O) groups excluding carboxylic acids is 2. The molecular weight excluding hydrogens is 303 g/mol. The molecule has 1 unspecified atom stereocenters. The van der Waals surface area contributed by atoms with Gasteiger partial charge in [0.15, 0.2) is 5.78 Å². The van der Waals surface area contributed by atoms with Crippen LogP contribution < -0.4 is 5.32 Å². The van der Waals surface area contributed by atoms with Gasteiger partial charge < -0.3 is 5.32 Å². The molecule has 1 amide bonds. The summed E-state index contributed by atoms with van der Waals surface area (Å²) in [6, 6.07) is 5.42. The zero-order valence-corrected chi connectivity index (χ0v) is 12.4. The quantitative estimate of drug-likeness (QED) is 0.868. The zero-order valence-electron chi connectivity index (χ0n) is 11.6. The molecule has 0 aromatic heterocycles. The second-order valence-electron chi connectivity index (χ2n) is 4.88. The van der Waals surface area contributed by atoms with Crippen LogP contribution in [0.3, 0.4) is 0 Å². The van der Waals surface area contributed by atoms with Crippen molar-refractivity contribution in [3.63, 3.8) is 0 Å². The summed E-state index contributed by atoms with van der Waals surface area (Å²) in [4.78, 5) is 28.5. The maximum Gasteiger partial charge on any atom is 0.251 e. The predicted octanol–water partition coefficient (Wildman–Crippen LogP) is 2.48. The topological polar surface area (TPSA) is 58.5 Å². The highest BCUT2D eigenvalue weighted by atomic mass is 32.2. The van der Waals surface area contributed by atoms with E-state index in [4.69, 9.17) is 0 Å². The fourth-order valence-corrected chi connectivity index (χ4v) is 3.28. The average molecular weight is 316 g/mol. The smallest absolute Gasteiger partial charge is 0.251 e. The number of carbonyl (C=O) groups is 2. The molecule has 1 aliphatic carbocycles. The third-order valence-corrected chi connectivity index (χ3v) is 4.45. The minimum atomic E-state index is -0.367. The SMILES string of the molecule is O=C1C=CC2=NC(CCNC(=O)c3ccc(F)cc3)SC2=C1. The fourth-order valence-electron chi connectivity index (χ4n) is 2.16. The van der Waals surface area contributed by atoms with E-state index >= 15 is 0 Å². The van der Waals surface area contributed by atoms with Gasteiger partial charge in [-0.2, -0.15) is 0 Å². The number of hydrogen-bond acceptors (Lipinski definition) is 4. The van der Waals surface area contributed by atoms with Crippen LogP contribution in [0.5, 0.6) is 0 Å². The lowest BCUT2D eigenvalue weighted by Crippen LogP contribution is -2.25. The number of ketones is 1. The second kappa shape index (κ2) is 6.27. The molecule has 1 atom stereocenters. The molecule has 22 heavy (non-hydrogen) atoms. The molecule has 0 bridgehead atoms. The Morgan fingerprint density at radius 1 is 1.27 bits per heavy atom. The number of amides is 1. The molecule has 1 heterocycles. The Morgan fingerprint density at radius 3 is 2.82 bits per heavy atom. The Labute approximate surface area is 131 Å². The van der Waals surface area contributed by atoms with E-state index in [-0.39, 0.29) is 22.9 Å². The number of nitrogens with one attached hydrogen (secondary N) is 1. The highest BCUT2D eigenvalue weighted by molar-refractivity contribution is 8.05. The standard InChI is InChI=1S/C16H13FN2O2S/c17-11-3-1-10(2-4-11)16(21)18-8-7-15-19-13-6-5-12(20)9-14(13)22-15/h1-6,9,15H,7-8H2,(H,18,21). The summed E-state index contributed by atoms with van der Waals surface area (Å²) in [6.45, 7) is 0.468. The van der Waals surface area contributed by atoms with Gasteiger partial charge in [-0.1, -0.05) is 11.8 Å². The maximum atomic E-state index is 12.8. The molecule has 112 valence electrons. The van der Waals surface area contributed by atoms with Crippen molar-refractivity contribution in [2.45, 2.75) is 11.8 Å². The number of aliphatic imine (C=N–C) groups is 1. The number of fused-ring (bicyclic) bond motifs is 1. The number of hydrogen-bond donors (Lipinski definition) is 1. The number of halogens is 1. The molecule has 0 saturated carbocycles. The maximum absolute atomic E-state index is 12.8. The van der Waals surface area contributed by atoms with Crippen LogP contribution in [0.1, 0.15) is 16.8 Å². The lowest BCUT2D eigenvalue weighted by atomic mass is 10.1. The first-order chi connectivity index (χ1) is 10.6. The molecule has 2 aliphatic rings. The van der Waals surface area contributed by atoms with E-state index in [2.05, 4.69) is 10.3 Å². The summed E-state index contributed by atoms with van der Waals surface area (Å²) >= 11 is 1.53. The molecule has 0 fully saturated rings. The van der Waals surface area contributed by atoms with Crippen molar-refractivity contribution in [2.75, 3.05) is 6.54 Å². The van der Waals surface area contributed by atoms with Gasteiger partial charge in [-0.05, 0) is 42.8 Å². The van der Waals surface area contributed by atoms with Crippen molar-refractivity contribution in [1.29, 1.82) is 0 Å². The number of rotatable bonds is 4. The van der Waals surface area contributed by atoms with Crippen LogP contribution in [-0.4, -0.2) is 29.3 Å². The van der Waals surface area contributed by atoms with Gasteiger partial charge in [0.2, 0.25) is 0 Å². The van der Waals surface area contributed by atoms with E-state index in [0.29, 0.717) is 18.5 Å². The van der Waals surface area contributed by atoms with E-state index in [1.54, 1.807) is 12.2 Å². The lowest BCUT2D eigenvalue weighted by molar-refractivity contribution is -0.110. The van der Waals surface area contributed by atoms with Gasteiger partial charge in [0, 0.05) is 23.1 Å². The normalized spacial score (nSPS) is 19.5. The van der Waals surface area contributed by atoms with Crippen molar-refractivity contribution in [3.8, 4) is 0 Å². The van der Waals surface area contributed by atoms with Crippen molar-refractivity contribution >= 4 is 29.2 Å². The molecule has 1 aromatic carbocycles. The van der Waals surface area contributed by atoms with Gasteiger partial charge in [-0.3, -0.25) is 14.6 Å². The molecule has 1 N–H and O–H groups in total. The monoisotopic (exact) mass is 316 g/mol. The first kappa shape index (κ1) is 14.7. The van der Waals surface area contributed by atoms with Crippen LogP contribution >= 0.6 is 11.8 Å². The van der Waals surface area contributed by atoms with Gasteiger partial charge in [-0.25, -0.2) is 4.39 Å². The van der Waals surface area contributed by atoms with Crippen LogP contribution in [0, 0.1) is 5.82 Å². The Kier molecular flexibility index (Phi) is 4.20. The predicted molar refractivity (Wildman–Crippen MR) is 84.4 cm³/mol. The van der Waals surface area contributed by atoms with Crippen molar-refractivity contribution in [1.82, 2.24) is 5.32 Å². The number of nitrogens with zero attached hydrogens (tertiary/aromatic N) is 1. The highest BCUT2D eigenvalue weighted by Crippen LogP contribution is 2.34. The van der Waals surface area contributed by atoms with Gasteiger partial charge in [0.25, 0.3) is 5.91 Å². The van der Waals surface area contributed by atoms with Crippen molar-refractivity contribution in [3.05, 3.63) is 58.8 Å². The van der Waals surface area contributed by atoms with E-state index in [1.807, 2.05) is 0 Å². The molecule has 3 rings (SSSR count). The molecule has 4 nitrogen and oxygen atoms in total. The Hall–Kier alpha value is -2.21. The lowest BCUT2D eigenvalue weighted by Gasteiger charge is -2.08. The summed E-state index contributed by atoms with van der Waals surface area (Å²) in [7, 11) is 0. The summed E-state index contributed by atoms with van der Waals surface area (Å²) < 4.78 is 12.8. The molecular formula is C16H13FN2O2S.